The molecule has 1 saturated carbocycles. The minimum absolute atomic E-state index is 0.925. The molecule has 0 nitrogen and oxygen atoms in total. The third kappa shape index (κ3) is 5.40. The van der Waals surface area contributed by atoms with Gasteiger partial charge in [0.1, 0.15) is 0 Å². The maximum atomic E-state index is 2.42. The van der Waals surface area contributed by atoms with E-state index in [2.05, 4.69) is 19.1 Å². The average molecular weight is 168 g/mol. The zero-order chi connectivity index (χ0) is 9.23. The van der Waals surface area contributed by atoms with Gasteiger partial charge in [0.15, 0.2) is 0 Å². The number of hydrogen-bond acceptors (Lipinski definition) is 0. The Balaban J connectivity index is 0.000000561. The van der Waals surface area contributed by atoms with Gasteiger partial charge in [-0.3, -0.25) is 0 Å². The van der Waals surface area contributed by atoms with Crippen molar-refractivity contribution >= 4 is 0 Å². The van der Waals surface area contributed by atoms with Crippen molar-refractivity contribution in [1.29, 1.82) is 0 Å². The Labute approximate surface area is 78.1 Å². The topological polar surface area (TPSA) is 0 Å². The molecule has 0 unspecified atom stereocenters. The molecule has 0 spiro atoms. The molecule has 0 heterocycles. The van der Waals surface area contributed by atoms with Crippen LogP contribution in [-0.4, -0.2) is 0 Å². The zero-order valence-electron chi connectivity index (χ0n) is 8.97. The Morgan fingerprint density at radius 2 is 1.67 bits per heavy atom. The molecular weight excluding hydrogens is 144 g/mol. The average Bonchev–Trinajstić information content (AvgIpc) is 2.19. The predicted octanol–water partition coefficient (Wildman–Crippen LogP) is 4.56. The fourth-order valence-corrected chi connectivity index (χ4v) is 1.66. The summed E-state index contributed by atoms with van der Waals surface area (Å²) in [5, 5.41) is 0. The van der Waals surface area contributed by atoms with Crippen LogP contribution in [0.25, 0.3) is 0 Å². The number of rotatable bonds is 2. The molecular formula is C12H24. The first-order valence-corrected chi connectivity index (χ1v) is 5.60. The zero-order valence-corrected chi connectivity index (χ0v) is 8.97. The maximum absolute atomic E-state index is 2.42. The van der Waals surface area contributed by atoms with Crippen molar-refractivity contribution in [3.8, 4) is 0 Å². The first-order chi connectivity index (χ1) is 5.93. The van der Waals surface area contributed by atoms with E-state index in [0.29, 0.717) is 0 Å². The van der Waals surface area contributed by atoms with Crippen LogP contribution < -0.4 is 0 Å². The van der Waals surface area contributed by atoms with Crippen LogP contribution in [0.3, 0.4) is 0 Å². The lowest BCUT2D eigenvalue weighted by molar-refractivity contribution is 0.419. The first-order valence-electron chi connectivity index (χ1n) is 5.60. The quantitative estimate of drug-likeness (QED) is 0.530. The van der Waals surface area contributed by atoms with E-state index in [4.69, 9.17) is 0 Å². The largest absolute Gasteiger partial charge is 0.0885 e. The second-order valence-corrected chi connectivity index (χ2v) is 3.23. The van der Waals surface area contributed by atoms with Gasteiger partial charge < -0.3 is 0 Å². The van der Waals surface area contributed by atoms with Crippen molar-refractivity contribution in [2.75, 3.05) is 0 Å². The molecule has 0 aromatic heterocycles. The van der Waals surface area contributed by atoms with Crippen LogP contribution in [0.4, 0.5) is 0 Å². The predicted molar refractivity (Wildman–Crippen MR) is 57.4 cm³/mol. The van der Waals surface area contributed by atoms with Crippen molar-refractivity contribution in [3.63, 3.8) is 0 Å². The van der Waals surface area contributed by atoms with Crippen LogP contribution in [0.2, 0.25) is 0 Å². The van der Waals surface area contributed by atoms with E-state index >= 15 is 0 Å². The van der Waals surface area contributed by atoms with E-state index in [9.17, 15) is 0 Å². The molecule has 0 bridgehead atoms. The van der Waals surface area contributed by atoms with Gasteiger partial charge >= 0.3 is 0 Å². The van der Waals surface area contributed by atoms with Gasteiger partial charge in [0.05, 0.1) is 0 Å². The normalized spacial score (nSPS) is 18.9. The fraction of sp³-hybridized carbons (Fsp3) is 0.833. The fourth-order valence-electron chi connectivity index (χ4n) is 1.66. The van der Waals surface area contributed by atoms with Crippen LogP contribution in [0.5, 0.6) is 0 Å². The van der Waals surface area contributed by atoms with Gasteiger partial charge in [-0.2, -0.15) is 0 Å². The summed E-state index contributed by atoms with van der Waals surface area (Å²) >= 11 is 0. The molecule has 1 rings (SSSR count). The Morgan fingerprint density at radius 1 is 1.08 bits per heavy atom. The Kier molecular flexibility index (Phi) is 8.64. The van der Waals surface area contributed by atoms with Gasteiger partial charge in [-0.15, -0.1) is 0 Å². The molecule has 0 aliphatic heterocycles. The molecule has 0 heteroatoms. The van der Waals surface area contributed by atoms with Gasteiger partial charge in [-0.1, -0.05) is 52.2 Å². The third-order valence-electron chi connectivity index (χ3n) is 2.29. The molecule has 0 saturated heterocycles. The Bertz CT molecular complexity index is 96.6. The highest BCUT2D eigenvalue weighted by molar-refractivity contribution is 4.88. The minimum atomic E-state index is 0.925. The SMILES string of the molecule is CC.CC/C=C/C1CCCCC1. The van der Waals surface area contributed by atoms with Crippen LogP contribution in [0.15, 0.2) is 12.2 Å². The van der Waals surface area contributed by atoms with Gasteiger partial charge in [-0.25, -0.2) is 0 Å². The lowest BCUT2D eigenvalue weighted by Crippen LogP contribution is -2.02. The highest BCUT2D eigenvalue weighted by Crippen LogP contribution is 2.24. The summed E-state index contributed by atoms with van der Waals surface area (Å²) in [6.07, 6.45) is 13.2. The first kappa shape index (κ1) is 11.7. The molecule has 0 N–H and O–H groups in total. The molecule has 0 aromatic carbocycles. The maximum Gasteiger partial charge on any atom is -0.0234 e. The highest BCUT2D eigenvalue weighted by atomic mass is 14.1. The monoisotopic (exact) mass is 168 g/mol. The van der Waals surface area contributed by atoms with E-state index in [0.717, 1.165) is 5.92 Å². The second kappa shape index (κ2) is 8.83. The van der Waals surface area contributed by atoms with Crippen LogP contribution >= 0.6 is 0 Å². The van der Waals surface area contributed by atoms with Crippen LogP contribution in [0, 0.1) is 5.92 Å². The molecule has 1 fully saturated rings. The molecule has 12 heavy (non-hydrogen) atoms. The van der Waals surface area contributed by atoms with Gasteiger partial charge in [0.2, 0.25) is 0 Å². The van der Waals surface area contributed by atoms with Crippen molar-refractivity contribution in [3.05, 3.63) is 12.2 Å². The molecule has 1 aliphatic rings. The third-order valence-corrected chi connectivity index (χ3v) is 2.29. The van der Waals surface area contributed by atoms with E-state index in [-0.39, 0.29) is 0 Å². The minimum Gasteiger partial charge on any atom is -0.0885 e. The van der Waals surface area contributed by atoms with Crippen LogP contribution in [-0.2, 0) is 0 Å². The second-order valence-electron chi connectivity index (χ2n) is 3.23. The van der Waals surface area contributed by atoms with Crippen molar-refractivity contribution in [2.45, 2.75) is 59.3 Å². The van der Waals surface area contributed by atoms with Crippen molar-refractivity contribution in [2.24, 2.45) is 5.92 Å². The molecule has 1 aliphatic carbocycles. The lowest BCUT2D eigenvalue weighted by Gasteiger charge is -2.17. The van der Waals surface area contributed by atoms with Crippen molar-refractivity contribution in [1.82, 2.24) is 0 Å². The van der Waals surface area contributed by atoms with E-state index in [1.54, 1.807) is 0 Å². The summed E-state index contributed by atoms with van der Waals surface area (Å²) in [7, 11) is 0. The molecule has 0 atom stereocenters. The van der Waals surface area contributed by atoms with Crippen LogP contribution in [0.1, 0.15) is 59.3 Å². The smallest absolute Gasteiger partial charge is 0.0234 e. The molecule has 72 valence electrons. The highest BCUT2D eigenvalue weighted by Gasteiger charge is 2.08. The summed E-state index contributed by atoms with van der Waals surface area (Å²) in [6, 6.07) is 0. The standard InChI is InChI=1S/C10H18.C2H6/c1-2-3-7-10-8-5-4-6-9-10;1-2/h3,7,10H,2,4-6,8-9H2,1H3;1-2H3/b7-3+;. The van der Waals surface area contributed by atoms with E-state index in [1.165, 1.54) is 38.5 Å². The number of allylic oxidation sites excluding steroid dienone is 2. The lowest BCUT2D eigenvalue weighted by atomic mass is 9.89. The van der Waals surface area contributed by atoms with Crippen molar-refractivity contribution < 1.29 is 0 Å². The summed E-state index contributed by atoms with van der Waals surface area (Å²) in [6.45, 7) is 6.21. The molecule has 0 radical (unpaired) electrons. The Morgan fingerprint density at radius 3 is 2.17 bits per heavy atom. The van der Waals surface area contributed by atoms with E-state index in [1.807, 2.05) is 13.8 Å². The summed E-state index contributed by atoms with van der Waals surface area (Å²) < 4.78 is 0. The molecule has 0 aromatic rings. The summed E-state index contributed by atoms with van der Waals surface area (Å²) in [4.78, 5) is 0. The van der Waals surface area contributed by atoms with Gasteiger partial charge in [0, 0.05) is 0 Å². The Hall–Kier alpha value is -0.260. The summed E-state index contributed by atoms with van der Waals surface area (Å²) in [5.41, 5.74) is 0. The number of hydrogen-bond donors (Lipinski definition) is 0. The van der Waals surface area contributed by atoms with Gasteiger partial charge in [0.25, 0.3) is 0 Å². The summed E-state index contributed by atoms with van der Waals surface area (Å²) in [5.74, 6) is 0.925. The van der Waals surface area contributed by atoms with E-state index < -0.39 is 0 Å². The molecule has 0 amide bonds. The van der Waals surface area contributed by atoms with Gasteiger partial charge in [-0.05, 0) is 25.2 Å².